The highest BCUT2D eigenvalue weighted by atomic mass is 16.6. The fraction of sp³-hybridized carbons (Fsp3) is 0.933. The van der Waals surface area contributed by atoms with Crippen molar-refractivity contribution in [1.82, 2.24) is 0 Å². The average Bonchev–Trinajstić information content (AvgIpc) is 3.13. The molecule has 0 aromatic heterocycles. The second kappa shape index (κ2) is 39.6. The number of unbranched alkanes of at least 4 members (excludes halogenated alkanes) is 26. The predicted octanol–water partition coefficient (Wildman–Crippen LogP) is 13.9. The van der Waals surface area contributed by atoms with Crippen LogP contribution < -0.4 is 0 Å². The number of hydrogen-bond donors (Lipinski definition) is 0. The van der Waals surface area contributed by atoms with Gasteiger partial charge in [-0.3, -0.25) is 14.4 Å². The van der Waals surface area contributed by atoms with Crippen LogP contribution in [0.1, 0.15) is 246 Å². The zero-order valence-corrected chi connectivity index (χ0v) is 34.6. The summed E-state index contributed by atoms with van der Waals surface area (Å²) in [6.07, 6.45) is 37.9. The van der Waals surface area contributed by atoms with Crippen molar-refractivity contribution in [3.63, 3.8) is 0 Å². The van der Waals surface area contributed by atoms with E-state index < -0.39 is 6.10 Å². The highest BCUT2D eigenvalue weighted by molar-refractivity contribution is 5.71. The minimum absolute atomic E-state index is 0.0643. The van der Waals surface area contributed by atoms with Gasteiger partial charge >= 0.3 is 17.9 Å². The van der Waals surface area contributed by atoms with Crippen molar-refractivity contribution in [3.8, 4) is 0 Å². The molecule has 0 aliphatic heterocycles. The Morgan fingerprint density at radius 2 is 0.686 bits per heavy atom. The maximum absolute atomic E-state index is 12.7. The van der Waals surface area contributed by atoms with Gasteiger partial charge in [-0.25, -0.2) is 0 Å². The Labute approximate surface area is 317 Å². The van der Waals surface area contributed by atoms with Gasteiger partial charge in [0.1, 0.15) is 13.2 Å². The number of hydrogen-bond acceptors (Lipinski definition) is 6. The smallest absolute Gasteiger partial charge is 0.306 e. The molecule has 0 rings (SSSR count). The lowest BCUT2D eigenvalue weighted by molar-refractivity contribution is -0.167. The molecule has 0 heterocycles. The Morgan fingerprint density at radius 3 is 1.02 bits per heavy atom. The van der Waals surface area contributed by atoms with Gasteiger partial charge in [-0.1, -0.05) is 207 Å². The first-order valence-electron chi connectivity index (χ1n) is 22.4. The van der Waals surface area contributed by atoms with Crippen LogP contribution >= 0.6 is 0 Å². The van der Waals surface area contributed by atoms with E-state index in [9.17, 15) is 14.4 Å². The number of esters is 3. The molecule has 6 heteroatoms. The van der Waals surface area contributed by atoms with Gasteiger partial charge in [-0.15, -0.1) is 0 Å². The third-order valence-electron chi connectivity index (χ3n) is 10.4. The summed E-state index contributed by atoms with van der Waals surface area (Å²) in [5.41, 5.74) is 0. The lowest BCUT2D eigenvalue weighted by atomic mass is 9.99. The van der Waals surface area contributed by atoms with Crippen molar-refractivity contribution in [2.75, 3.05) is 13.2 Å². The summed E-state index contributed by atoms with van der Waals surface area (Å²) in [7, 11) is 0. The van der Waals surface area contributed by atoms with Gasteiger partial charge in [0.15, 0.2) is 6.10 Å². The Bertz CT molecular complexity index is 768. The molecule has 0 aliphatic rings. The minimum Gasteiger partial charge on any atom is -0.462 e. The van der Waals surface area contributed by atoms with Crippen LogP contribution in [0.25, 0.3) is 0 Å². The SMILES string of the molecule is CCCCCCCCCCCCCCC(=O)OC[C@@H](COC(=O)CCCCCCCCCCC)OC(=O)CCCCCCCCCCC(C)CC. The molecular formula is C45H86O6. The van der Waals surface area contributed by atoms with E-state index in [1.165, 1.54) is 141 Å². The van der Waals surface area contributed by atoms with Crippen LogP contribution in [-0.2, 0) is 28.6 Å². The normalized spacial score (nSPS) is 12.5. The molecular weight excluding hydrogens is 636 g/mol. The minimum atomic E-state index is -0.758. The first kappa shape index (κ1) is 49.4. The van der Waals surface area contributed by atoms with E-state index in [0.29, 0.717) is 19.3 Å². The molecule has 0 N–H and O–H groups in total. The van der Waals surface area contributed by atoms with Gasteiger partial charge in [-0.05, 0) is 25.2 Å². The number of carbonyl (C=O) groups is 3. The predicted molar refractivity (Wildman–Crippen MR) is 215 cm³/mol. The second-order valence-corrected chi connectivity index (χ2v) is 15.6. The molecule has 51 heavy (non-hydrogen) atoms. The maximum Gasteiger partial charge on any atom is 0.306 e. The third kappa shape index (κ3) is 38.0. The third-order valence-corrected chi connectivity index (χ3v) is 10.4. The summed E-state index contributed by atoms with van der Waals surface area (Å²) in [5, 5.41) is 0. The summed E-state index contributed by atoms with van der Waals surface area (Å²) in [5.74, 6) is -0.0141. The molecule has 0 fully saturated rings. The van der Waals surface area contributed by atoms with Crippen LogP contribution in [0.15, 0.2) is 0 Å². The molecule has 0 aromatic rings. The van der Waals surface area contributed by atoms with Crippen LogP contribution in [0.2, 0.25) is 0 Å². The molecule has 0 amide bonds. The summed E-state index contributed by atoms with van der Waals surface area (Å²) < 4.78 is 16.7. The monoisotopic (exact) mass is 723 g/mol. The van der Waals surface area contributed by atoms with E-state index >= 15 is 0 Å². The highest BCUT2D eigenvalue weighted by Gasteiger charge is 2.19. The Morgan fingerprint density at radius 1 is 0.392 bits per heavy atom. The van der Waals surface area contributed by atoms with Crippen LogP contribution in [0, 0.1) is 5.92 Å². The van der Waals surface area contributed by atoms with Crippen molar-refractivity contribution in [1.29, 1.82) is 0 Å². The van der Waals surface area contributed by atoms with Crippen LogP contribution in [-0.4, -0.2) is 37.2 Å². The fourth-order valence-corrected chi connectivity index (χ4v) is 6.59. The van der Waals surface area contributed by atoms with E-state index in [-0.39, 0.29) is 31.1 Å². The second-order valence-electron chi connectivity index (χ2n) is 15.6. The van der Waals surface area contributed by atoms with Gasteiger partial charge in [-0.2, -0.15) is 0 Å². The molecule has 6 nitrogen and oxygen atoms in total. The number of rotatable bonds is 40. The van der Waals surface area contributed by atoms with Crippen molar-refractivity contribution in [2.45, 2.75) is 252 Å². The molecule has 1 unspecified atom stereocenters. The maximum atomic E-state index is 12.7. The molecule has 0 radical (unpaired) electrons. The van der Waals surface area contributed by atoms with E-state index in [1.54, 1.807) is 0 Å². The van der Waals surface area contributed by atoms with Crippen LogP contribution in [0.4, 0.5) is 0 Å². The zero-order chi connectivity index (χ0) is 37.5. The van der Waals surface area contributed by atoms with Crippen molar-refractivity contribution in [2.24, 2.45) is 5.92 Å². The van der Waals surface area contributed by atoms with Crippen molar-refractivity contribution < 1.29 is 28.6 Å². The van der Waals surface area contributed by atoms with E-state index in [2.05, 4.69) is 27.7 Å². The molecule has 0 saturated heterocycles. The van der Waals surface area contributed by atoms with Gasteiger partial charge in [0, 0.05) is 19.3 Å². The summed E-state index contributed by atoms with van der Waals surface area (Å²) in [6.45, 7) is 8.97. The first-order valence-corrected chi connectivity index (χ1v) is 22.4. The first-order chi connectivity index (χ1) is 24.9. The topological polar surface area (TPSA) is 78.9 Å². The summed E-state index contributed by atoms with van der Waals surface area (Å²) in [4.78, 5) is 37.6. The summed E-state index contributed by atoms with van der Waals surface area (Å²) in [6, 6.07) is 0. The Balaban J connectivity index is 4.33. The average molecular weight is 723 g/mol. The molecule has 0 bridgehead atoms. The molecule has 0 spiro atoms. The molecule has 0 aromatic carbocycles. The molecule has 302 valence electrons. The van der Waals surface area contributed by atoms with Crippen LogP contribution in [0.5, 0.6) is 0 Å². The summed E-state index contributed by atoms with van der Waals surface area (Å²) >= 11 is 0. The lowest BCUT2D eigenvalue weighted by Gasteiger charge is -2.18. The molecule has 2 atom stereocenters. The highest BCUT2D eigenvalue weighted by Crippen LogP contribution is 2.16. The Kier molecular flexibility index (Phi) is 38.4. The largest absolute Gasteiger partial charge is 0.462 e. The van der Waals surface area contributed by atoms with Gasteiger partial charge in [0.2, 0.25) is 0 Å². The molecule has 0 aliphatic carbocycles. The lowest BCUT2D eigenvalue weighted by Crippen LogP contribution is -2.30. The fourth-order valence-electron chi connectivity index (χ4n) is 6.59. The number of ether oxygens (including phenoxy) is 3. The van der Waals surface area contributed by atoms with E-state index in [1.807, 2.05) is 0 Å². The van der Waals surface area contributed by atoms with Crippen molar-refractivity contribution in [3.05, 3.63) is 0 Å². The van der Waals surface area contributed by atoms with Gasteiger partial charge in [0.25, 0.3) is 0 Å². The molecule has 0 saturated carbocycles. The van der Waals surface area contributed by atoms with E-state index in [0.717, 1.165) is 63.7 Å². The standard InChI is InChI=1S/C45H86O6/c1-5-8-10-12-14-16-17-18-20-25-29-33-37-44(47)50-40-42(39-49-43(46)36-32-28-24-19-15-13-11-9-6-2)51-45(48)38-34-30-26-22-21-23-27-31-35-41(4)7-3/h41-42H,5-40H2,1-4H3/t41?,42-/m1/s1. The quantitative estimate of drug-likeness (QED) is 0.0356. The van der Waals surface area contributed by atoms with Crippen LogP contribution in [0.3, 0.4) is 0 Å². The van der Waals surface area contributed by atoms with Gasteiger partial charge < -0.3 is 14.2 Å². The van der Waals surface area contributed by atoms with Crippen molar-refractivity contribution >= 4 is 17.9 Å². The Hall–Kier alpha value is -1.59. The zero-order valence-electron chi connectivity index (χ0n) is 34.6. The van der Waals surface area contributed by atoms with E-state index in [4.69, 9.17) is 14.2 Å². The van der Waals surface area contributed by atoms with Gasteiger partial charge in [0.05, 0.1) is 0 Å². The number of carbonyl (C=O) groups excluding carboxylic acids is 3.